The topological polar surface area (TPSA) is 117 Å². The maximum absolute atomic E-state index is 12.4. The van der Waals surface area contributed by atoms with Crippen molar-refractivity contribution in [2.45, 2.75) is 18.7 Å². The van der Waals surface area contributed by atoms with Crippen LogP contribution in [0, 0.1) is 0 Å². The molecule has 0 saturated carbocycles. The second kappa shape index (κ2) is 7.05. The van der Waals surface area contributed by atoms with Gasteiger partial charge in [0.1, 0.15) is 4.90 Å². The van der Waals surface area contributed by atoms with Gasteiger partial charge >= 0.3 is 5.97 Å². The molecule has 1 rings (SSSR count). The van der Waals surface area contributed by atoms with E-state index in [1.165, 1.54) is 0 Å². The van der Waals surface area contributed by atoms with Crippen LogP contribution >= 0.6 is 15.9 Å². The lowest BCUT2D eigenvalue weighted by molar-refractivity contribution is -0.121. The Hall–Kier alpha value is -1.39. The first-order valence-electron chi connectivity index (χ1n) is 6.03. The van der Waals surface area contributed by atoms with Crippen LogP contribution in [0.3, 0.4) is 0 Å². The first-order valence-corrected chi connectivity index (χ1v) is 8.26. The summed E-state index contributed by atoms with van der Waals surface area (Å²) >= 11 is 2.88. The number of hydrogen-bond donors (Lipinski definition) is 2. The minimum Gasteiger partial charge on any atom is -0.475 e. The summed E-state index contributed by atoms with van der Waals surface area (Å²) in [6, 6.07) is 0.905. The second-order valence-electron chi connectivity index (χ2n) is 3.94. The van der Waals surface area contributed by atoms with Crippen molar-refractivity contribution in [2.75, 3.05) is 19.6 Å². The van der Waals surface area contributed by atoms with Crippen LogP contribution in [-0.4, -0.2) is 49.3 Å². The van der Waals surface area contributed by atoms with Crippen LogP contribution < -0.4 is 5.32 Å². The zero-order valence-electron chi connectivity index (χ0n) is 11.4. The summed E-state index contributed by atoms with van der Waals surface area (Å²) in [5.41, 5.74) is 0. The van der Waals surface area contributed by atoms with Gasteiger partial charge in [0.05, 0.1) is 6.54 Å². The number of carbonyl (C=O) groups excluding carboxylic acids is 1. The number of nitrogens with zero attached hydrogens (tertiary/aromatic N) is 1. The summed E-state index contributed by atoms with van der Waals surface area (Å²) in [5, 5.41) is 11.3. The van der Waals surface area contributed by atoms with Gasteiger partial charge in [0.2, 0.25) is 21.7 Å². The standard InChI is InChI=1S/C11H15BrN2O6S/c1-3-13-9(15)6-14(4-2)21(18,19)8-5-7(11(16)17)20-10(8)12/h5H,3-4,6H2,1-2H3,(H,13,15)(H,16,17). The normalized spacial score (nSPS) is 11.6. The fourth-order valence-corrected chi connectivity index (χ4v) is 3.86. The number of amides is 1. The lowest BCUT2D eigenvalue weighted by Crippen LogP contribution is -2.40. The van der Waals surface area contributed by atoms with Crippen molar-refractivity contribution in [1.29, 1.82) is 0 Å². The SMILES string of the molecule is CCNC(=O)CN(CC)S(=O)(=O)c1cc(C(=O)O)oc1Br. The van der Waals surface area contributed by atoms with Gasteiger partial charge in [0.25, 0.3) is 0 Å². The fraction of sp³-hybridized carbons (Fsp3) is 0.455. The largest absolute Gasteiger partial charge is 0.475 e. The van der Waals surface area contributed by atoms with Crippen LogP contribution in [0.4, 0.5) is 0 Å². The molecule has 0 aliphatic rings. The number of carboxylic acid groups (broad SMARTS) is 1. The molecule has 0 radical (unpaired) electrons. The third kappa shape index (κ3) is 4.05. The van der Waals surface area contributed by atoms with E-state index in [-0.39, 0.29) is 22.7 Å². The minimum atomic E-state index is -4.04. The predicted octanol–water partition coefficient (Wildman–Crippen LogP) is 0.887. The second-order valence-corrected chi connectivity index (χ2v) is 6.57. The number of hydrogen-bond acceptors (Lipinski definition) is 5. The maximum atomic E-state index is 12.4. The van der Waals surface area contributed by atoms with Crippen molar-refractivity contribution in [3.05, 3.63) is 16.5 Å². The van der Waals surface area contributed by atoms with E-state index in [2.05, 4.69) is 21.2 Å². The molecule has 8 nitrogen and oxygen atoms in total. The minimum absolute atomic E-state index is 0.0551. The number of halogens is 1. The smallest absolute Gasteiger partial charge is 0.371 e. The molecular formula is C11H15BrN2O6S. The van der Waals surface area contributed by atoms with E-state index in [1.54, 1.807) is 13.8 Å². The number of rotatable bonds is 7. The lowest BCUT2D eigenvalue weighted by atomic mass is 10.5. The summed E-state index contributed by atoms with van der Waals surface area (Å²) in [6.45, 7) is 3.37. The van der Waals surface area contributed by atoms with E-state index in [1.807, 2.05) is 0 Å². The molecule has 0 aliphatic carbocycles. The van der Waals surface area contributed by atoms with Gasteiger partial charge in [-0.15, -0.1) is 0 Å². The van der Waals surface area contributed by atoms with Gasteiger partial charge in [-0.05, 0) is 22.9 Å². The summed E-state index contributed by atoms with van der Waals surface area (Å²) in [7, 11) is -4.04. The number of furan rings is 1. The Morgan fingerprint density at radius 1 is 1.43 bits per heavy atom. The number of nitrogens with one attached hydrogen (secondary N) is 1. The summed E-state index contributed by atoms with van der Waals surface area (Å²) < 4.78 is 30.4. The molecule has 118 valence electrons. The molecule has 10 heteroatoms. The van der Waals surface area contributed by atoms with E-state index in [4.69, 9.17) is 9.52 Å². The van der Waals surface area contributed by atoms with Gasteiger partial charge in [-0.3, -0.25) is 4.79 Å². The molecule has 0 atom stereocenters. The molecule has 1 aromatic heterocycles. The van der Waals surface area contributed by atoms with Gasteiger partial charge in [-0.2, -0.15) is 4.31 Å². The van der Waals surface area contributed by atoms with Gasteiger partial charge < -0.3 is 14.8 Å². The highest BCUT2D eigenvalue weighted by atomic mass is 79.9. The summed E-state index contributed by atoms with van der Waals surface area (Å²) in [4.78, 5) is 22.0. The van der Waals surface area contributed by atoms with Gasteiger partial charge in [-0.25, -0.2) is 13.2 Å². The maximum Gasteiger partial charge on any atom is 0.371 e. The molecule has 0 spiro atoms. The van der Waals surface area contributed by atoms with E-state index in [9.17, 15) is 18.0 Å². The van der Waals surface area contributed by atoms with Crippen molar-refractivity contribution in [2.24, 2.45) is 0 Å². The third-order valence-electron chi connectivity index (χ3n) is 2.53. The molecule has 0 fully saturated rings. The molecule has 21 heavy (non-hydrogen) atoms. The van der Waals surface area contributed by atoms with Crippen LogP contribution in [0.5, 0.6) is 0 Å². The van der Waals surface area contributed by atoms with Crippen molar-refractivity contribution in [3.63, 3.8) is 0 Å². The summed E-state index contributed by atoms with van der Waals surface area (Å²) in [5.74, 6) is -2.33. The zero-order valence-corrected chi connectivity index (χ0v) is 13.8. The fourth-order valence-electron chi connectivity index (χ4n) is 1.55. The van der Waals surface area contributed by atoms with Crippen molar-refractivity contribution in [1.82, 2.24) is 9.62 Å². The quantitative estimate of drug-likeness (QED) is 0.722. The lowest BCUT2D eigenvalue weighted by Gasteiger charge is -2.19. The molecule has 1 heterocycles. The molecule has 1 aromatic rings. The first-order chi connectivity index (χ1) is 9.73. The van der Waals surface area contributed by atoms with E-state index < -0.39 is 27.7 Å². The van der Waals surface area contributed by atoms with Gasteiger partial charge in [0.15, 0.2) is 4.67 Å². The molecule has 2 N–H and O–H groups in total. The summed E-state index contributed by atoms with van der Waals surface area (Å²) in [6.07, 6.45) is 0. The third-order valence-corrected chi connectivity index (χ3v) is 5.31. The van der Waals surface area contributed by atoms with Gasteiger partial charge in [0, 0.05) is 19.2 Å². The monoisotopic (exact) mass is 382 g/mol. The van der Waals surface area contributed by atoms with Crippen LogP contribution in [0.2, 0.25) is 0 Å². The van der Waals surface area contributed by atoms with E-state index in [0.717, 1.165) is 10.4 Å². The molecular weight excluding hydrogens is 368 g/mol. The Labute approximate surface area is 130 Å². The average molecular weight is 383 g/mol. The van der Waals surface area contributed by atoms with Crippen molar-refractivity contribution < 1.29 is 27.5 Å². The first kappa shape index (κ1) is 17.7. The van der Waals surface area contributed by atoms with Gasteiger partial charge in [-0.1, -0.05) is 6.92 Å². The molecule has 0 bridgehead atoms. The Bertz CT molecular complexity index is 639. The number of sulfonamides is 1. The van der Waals surface area contributed by atoms with Crippen molar-refractivity contribution >= 4 is 37.8 Å². The number of carboxylic acids is 1. The van der Waals surface area contributed by atoms with Crippen LogP contribution in [0.1, 0.15) is 24.4 Å². The van der Waals surface area contributed by atoms with Crippen LogP contribution in [0.15, 0.2) is 20.0 Å². The predicted molar refractivity (Wildman–Crippen MR) is 76.5 cm³/mol. The highest BCUT2D eigenvalue weighted by Gasteiger charge is 2.31. The Morgan fingerprint density at radius 3 is 2.48 bits per heavy atom. The Kier molecular flexibility index (Phi) is 5.93. The number of aromatic carboxylic acids is 1. The van der Waals surface area contributed by atoms with E-state index >= 15 is 0 Å². The van der Waals surface area contributed by atoms with Crippen LogP contribution in [-0.2, 0) is 14.8 Å². The van der Waals surface area contributed by atoms with Crippen LogP contribution in [0.25, 0.3) is 0 Å². The van der Waals surface area contributed by atoms with E-state index in [0.29, 0.717) is 6.54 Å². The highest BCUT2D eigenvalue weighted by Crippen LogP contribution is 2.28. The average Bonchev–Trinajstić information content (AvgIpc) is 2.79. The highest BCUT2D eigenvalue weighted by molar-refractivity contribution is 9.10. The Balaban J connectivity index is 3.13. The molecule has 0 aromatic carbocycles. The number of likely N-dealkylation sites (N-methyl/N-ethyl adjacent to an activating group) is 2. The molecule has 0 aliphatic heterocycles. The number of carbonyl (C=O) groups is 2. The Morgan fingerprint density at radius 2 is 2.05 bits per heavy atom. The molecule has 1 amide bonds. The van der Waals surface area contributed by atoms with Crippen molar-refractivity contribution in [3.8, 4) is 0 Å². The molecule has 0 unspecified atom stereocenters. The zero-order chi connectivity index (χ0) is 16.2. The molecule has 0 saturated heterocycles.